The first-order valence-corrected chi connectivity index (χ1v) is 6.87. The van der Waals surface area contributed by atoms with E-state index < -0.39 is 0 Å². The van der Waals surface area contributed by atoms with Gasteiger partial charge in [-0.15, -0.1) is 11.6 Å². The summed E-state index contributed by atoms with van der Waals surface area (Å²) < 4.78 is 4.00. The summed E-state index contributed by atoms with van der Waals surface area (Å²) in [6.07, 6.45) is 1.80. The highest BCUT2D eigenvalue weighted by atomic mass is 35.5. The molecular weight excluding hydrogens is 272 g/mol. The van der Waals surface area contributed by atoms with E-state index in [0.717, 1.165) is 27.9 Å². The Hall–Kier alpha value is -2.33. The van der Waals surface area contributed by atoms with Gasteiger partial charge in [-0.05, 0) is 24.3 Å². The second-order valence-electron chi connectivity index (χ2n) is 4.54. The third-order valence-electron chi connectivity index (χ3n) is 3.37. The molecule has 0 radical (unpaired) electrons. The minimum atomic E-state index is 0.348. The van der Waals surface area contributed by atoms with Crippen LogP contribution in [0.1, 0.15) is 5.82 Å². The summed E-state index contributed by atoms with van der Waals surface area (Å²) in [5.74, 6) is 1.15. The van der Waals surface area contributed by atoms with Gasteiger partial charge in [-0.25, -0.2) is 19.3 Å². The van der Waals surface area contributed by atoms with Gasteiger partial charge in [-0.3, -0.25) is 0 Å². The molecule has 0 saturated carbocycles. The van der Waals surface area contributed by atoms with E-state index in [4.69, 9.17) is 11.6 Å². The quantitative estimate of drug-likeness (QED) is 0.528. The molecule has 0 saturated heterocycles. The first kappa shape index (κ1) is 11.5. The number of rotatable bonds is 2. The van der Waals surface area contributed by atoms with Gasteiger partial charge in [-0.2, -0.15) is 0 Å². The Morgan fingerprint density at radius 3 is 2.40 bits per heavy atom. The normalized spacial score (nSPS) is 11.4. The Morgan fingerprint density at radius 1 is 0.900 bits per heavy atom. The van der Waals surface area contributed by atoms with Crippen molar-refractivity contribution in [1.29, 1.82) is 0 Å². The zero-order chi connectivity index (χ0) is 13.5. The van der Waals surface area contributed by atoms with Crippen LogP contribution in [0.15, 0.2) is 54.9 Å². The number of imidazole rings is 2. The number of aromatic nitrogens is 4. The Kier molecular flexibility index (Phi) is 2.50. The fourth-order valence-electron chi connectivity index (χ4n) is 2.50. The predicted molar refractivity (Wildman–Crippen MR) is 79.8 cm³/mol. The second kappa shape index (κ2) is 4.35. The molecule has 0 spiro atoms. The number of alkyl halides is 1. The highest BCUT2D eigenvalue weighted by Gasteiger charge is 2.13. The molecule has 0 bridgehead atoms. The van der Waals surface area contributed by atoms with E-state index >= 15 is 0 Å². The number of hydrogen-bond donors (Lipinski definition) is 0. The van der Waals surface area contributed by atoms with E-state index in [9.17, 15) is 0 Å². The number of hydrogen-bond acceptors (Lipinski definition) is 2. The Balaban J connectivity index is 2.11. The molecular formula is C15H11ClN4. The molecule has 4 aromatic rings. The monoisotopic (exact) mass is 282 g/mol. The third-order valence-corrected chi connectivity index (χ3v) is 3.61. The maximum absolute atomic E-state index is 6.05. The molecule has 0 unspecified atom stereocenters. The average Bonchev–Trinajstić information content (AvgIpc) is 3.07. The van der Waals surface area contributed by atoms with Crippen molar-refractivity contribution in [3.63, 3.8) is 0 Å². The minimum absolute atomic E-state index is 0.348. The van der Waals surface area contributed by atoms with Gasteiger partial charge in [0, 0.05) is 0 Å². The maximum atomic E-state index is 6.05. The van der Waals surface area contributed by atoms with Gasteiger partial charge in [0.2, 0.25) is 0 Å². The lowest BCUT2D eigenvalue weighted by molar-refractivity contribution is 0.671. The van der Waals surface area contributed by atoms with E-state index in [1.807, 2.05) is 57.9 Å². The van der Waals surface area contributed by atoms with Gasteiger partial charge in [0.25, 0.3) is 0 Å². The smallest absolute Gasteiger partial charge is 0.144 e. The number of para-hydroxylation sites is 4. The lowest BCUT2D eigenvalue weighted by Crippen LogP contribution is -2.10. The van der Waals surface area contributed by atoms with Crippen molar-refractivity contribution in [1.82, 2.24) is 19.3 Å². The molecule has 98 valence electrons. The summed E-state index contributed by atoms with van der Waals surface area (Å²) in [7, 11) is 0. The van der Waals surface area contributed by atoms with Crippen LogP contribution in [-0.2, 0) is 5.88 Å². The van der Waals surface area contributed by atoms with Crippen molar-refractivity contribution in [2.24, 2.45) is 0 Å². The second-order valence-corrected chi connectivity index (χ2v) is 4.81. The highest BCUT2D eigenvalue weighted by Crippen LogP contribution is 2.21. The number of halogens is 1. The van der Waals surface area contributed by atoms with Crippen LogP contribution >= 0.6 is 11.6 Å². The molecule has 0 fully saturated rings. The van der Waals surface area contributed by atoms with E-state index in [1.54, 1.807) is 6.33 Å². The highest BCUT2D eigenvalue weighted by molar-refractivity contribution is 6.16. The lowest BCUT2D eigenvalue weighted by Gasteiger charge is -2.09. The lowest BCUT2D eigenvalue weighted by atomic mass is 10.3. The summed E-state index contributed by atoms with van der Waals surface area (Å²) in [6, 6.07) is 16.0. The summed E-state index contributed by atoms with van der Waals surface area (Å²) in [5.41, 5.74) is 3.93. The predicted octanol–water partition coefficient (Wildman–Crippen LogP) is 3.44. The summed E-state index contributed by atoms with van der Waals surface area (Å²) in [4.78, 5) is 9.00. The van der Waals surface area contributed by atoms with Crippen LogP contribution in [0.3, 0.4) is 0 Å². The Bertz CT molecular complexity index is 906. The van der Waals surface area contributed by atoms with Crippen LogP contribution < -0.4 is 0 Å². The van der Waals surface area contributed by atoms with Crippen molar-refractivity contribution in [2.75, 3.05) is 0 Å². The van der Waals surface area contributed by atoms with E-state index in [2.05, 4.69) is 9.97 Å². The van der Waals surface area contributed by atoms with Crippen LogP contribution in [0.25, 0.3) is 22.1 Å². The van der Waals surface area contributed by atoms with Crippen LogP contribution in [-0.4, -0.2) is 19.3 Å². The number of fused-ring (bicyclic) bond motifs is 2. The SMILES string of the molecule is ClCc1nc2ccccc2n1-n1cnc2ccccc21. The zero-order valence-electron chi connectivity index (χ0n) is 10.6. The van der Waals surface area contributed by atoms with Gasteiger partial charge >= 0.3 is 0 Å². The molecule has 0 aliphatic rings. The molecule has 4 nitrogen and oxygen atoms in total. The van der Waals surface area contributed by atoms with Crippen LogP contribution in [0.2, 0.25) is 0 Å². The van der Waals surface area contributed by atoms with Gasteiger partial charge in [0.05, 0.1) is 27.9 Å². The topological polar surface area (TPSA) is 35.6 Å². The molecule has 0 N–H and O–H groups in total. The van der Waals surface area contributed by atoms with Gasteiger partial charge in [0.15, 0.2) is 0 Å². The van der Waals surface area contributed by atoms with E-state index in [-0.39, 0.29) is 0 Å². The van der Waals surface area contributed by atoms with Crippen molar-refractivity contribution >= 4 is 33.7 Å². The van der Waals surface area contributed by atoms with Crippen molar-refractivity contribution in [3.8, 4) is 0 Å². The third kappa shape index (κ3) is 1.55. The first-order valence-electron chi connectivity index (χ1n) is 6.33. The van der Waals surface area contributed by atoms with E-state index in [0.29, 0.717) is 5.88 Å². The first-order chi connectivity index (χ1) is 9.88. The van der Waals surface area contributed by atoms with Gasteiger partial charge in [0.1, 0.15) is 12.2 Å². The standard InChI is InChI=1S/C15H11ClN4/c16-9-15-18-12-6-2-4-8-14(12)20(15)19-10-17-11-5-1-3-7-13(11)19/h1-8,10H,9H2. The van der Waals surface area contributed by atoms with Crippen LogP contribution in [0.4, 0.5) is 0 Å². The zero-order valence-corrected chi connectivity index (χ0v) is 11.3. The van der Waals surface area contributed by atoms with Crippen molar-refractivity contribution in [2.45, 2.75) is 5.88 Å². The molecule has 0 aliphatic heterocycles. The molecule has 0 aliphatic carbocycles. The number of benzene rings is 2. The molecule has 2 heterocycles. The Labute approximate surface area is 120 Å². The van der Waals surface area contributed by atoms with E-state index in [1.165, 1.54) is 0 Å². The molecule has 2 aromatic heterocycles. The molecule has 5 heteroatoms. The van der Waals surface area contributed by atoms with Crippen molar-refractivity contribution in [3.05, 3.63) is 60.7 Å². The minimum Gasteiger partial charge on any atom is -0.235 e. The fraction of sp³-hybridized carbons (Fsp3) is 0.0667. The van der Waals surface area contributed by atoms with Gasteiger partial charge < -0.3 is 0 Å². The molecule has 2 aromatic carbocycles. The average molecular weight is 283 g/mol. The summed E-state index contributed by atoms with van der Waals surface area (Å²) in [6.45, 7) is 0. The molecule has 4 rings (SSSR count). The molecule has 20 heavy (non-hydrogen) atoms. The molecule has 0 amide bonds. The van der Waals surface area contributed by atoms with Crippen molar-refractivity contribution < 1.29 is 0 Å². The maximum Gasteiger partial charge on any atom is 0.144 e. The van der Waals surface area contributed by atoms with Crippen LogP contribution in [0.5, 0.6) is 0 Å². The fourth-order valence-corrected chi connectivity index (χ4v) is 2.67. The van der Waals surface area contributed by atoms with Gasteiger partial charge in [-0.1, -0.05) is 24.3 Å². The number of nitrogens with zero attached hydrogens (tertiary/aromatic N) is 4. The Morgan fingerprint density at radius 2 is 1.60 bits per heavy atom. The summed E-state index contributed by atoms with van der Waals surface area (Å²) in [5, 5.41) is 0. The van der Waals surface area contributed by atoms with Crippen LogP contribution in [0, 0.1) is 0 Å². The molecule has 0 atom stereocenters. The summed E-state index contributed by atoms with van der Waals surface area (Å²) >= 11 is 6.05. The largest absolute Gasteiger partial charge is 0.235 e.